The fourth-order valence-electron chi connectivity index (χ4n) is 8.09. The summed E-state index contributed by atoms with van der Waals surface area (Å²) in [6.07, 6.45) is 39.7. The van der Waals surface area contributed by atoms with E-state index in [1.807, 2.05) is 12.2 Å². The quantitative estimate of drug-likeness (QED) is 0.0346. The van der Waals surface area contributed by atoms with Crippen LogP contribution in [-0.2, 0) is 23.9 Å². The van der Waals surface area contributed by atoms with E-state index in [1.165, 1.54) is 103 Å². The number of carbonyl (C=O) groups excluding carboxylic acids is 3. The molecular formula is C52H97NO5. The second kappa shape index (κ2) is 43.1. The smallest absolute Gasteiger partial charge is 0.306 e. The van der Waals surface area contributed by atoms with Gasteiger partial charge in [-0.2, -0.15) is 0 Å². The van der Waals surface area contributed by atoms with Crippen LogP contribution < -0.4 is 0 Å². The van der Waals surface area contributed by atoms with Crippen LogP contribution in [0, 0.1) is 5.92 Å². The molecule has 0 aromatic heterocycles. The maximum absolute atomic E-state index is 13.7. The number of rotatable bonds is 46. The van der Waals surface area contributed by atoms with Crippen molar-refractivity contribution in [3.63, 3.8) is 0 Å². The van der Waals surface area contributed by atoms with Gasteiger partial charge in [-0.3, -0.25) is 14.4 Å². The third-order valence-corrected chi connectivity index (χ3v) is 11.9. The predicted molar refractivity (Wildman–Crippen MR) is 249 cm³/mol. The number of esters is 2. The van der Waals surface area contributed by atoms with Crippen molar-refractivity contribution >= 4 is 17.7 Å². The van der Waals surface area contributed by atoms with E-state index in [4.69, 9.17) is 9.47 Å². The van der Waals surface area contributed by atoms with Crippen molar-refractivity contribution in [2.45, 2.75) is 265 Å². The maximum Gasteiger partial charge on any atom is 0.306 e. The number of unbranched alkanes of at least 4 members (excludes halogenated alkanes) is 17. The maximum atomic E-state index is 13.7. The molecule has 0 amide bonds. The Labute approximate surface area is 360 Å². The van der Waals surface area contributed by atoms with Crippen molar-refractivity contribution in [1.29, 1.82) is 0 Å². The van der Waals surface area contributed by atoms with Crippen LogP contribution in [0.1, 0.15) is 252 Å². The van der Waals surface area contributed by atoms with Crippen molar-refractivity contribution < 1.29 is 23.9 Å². The molecule has 6 nitrogen and oxygen atoms in total. The molecule has 6 heteroatoms. The summed E-state index contributed by atoms with van der Waals surface area (Å²) in [6.45, 7) is 19.7. The van der Waals surface area contributed by atoms with E-state index in [2.05, 4.69) is 45.8 Å². The number of nitrogens with zero attached hydrogens (tertiary/aromatic N) is 1. The number of Topliss-reactive ketones (excluding diaryl/α,β-unsaturated/α-hetero) is 1. The molecule has 0 bridgehead atoms. The van der Waals surface area contributed by atoms with Crippen molar-refractivity contribution in [1.82, 2.24) is 4.90 Å². The molecule has 0 aliphatic heterocycles. The van der Waals surface area contributed by atoms with E-state index in [0.29, 0.717) is 44.9 Å². The summed E-state index contributed by atoms with van der Waals surface area (Å²) in [5.74, 6) is -0.0912. The highest BCUT2D eigenvalue weighted by Crippen LogP contribution is 2.23. The monoisotopic (exact) mass is 816 g/mol. The van der Waals surface area contributed by atoms with Crippen LogP contribution in [0.15, 0.2) is 25.3 Å². The fourth-order valence-corrected chi connectivity index (χ4v) is 8.09. The van der Waals surface area contributed by atoms with Gasteiger partial charge in [-0.25, -0.2) is 0 Å². The molecule has 0 heterocycles. The van der Waals surface area contributed by atoms with Gasteiger partial charge < -0.3 is 14.4 Å². The summed E-state index contributed by atoms with van der Waals surface area (Å²) in [4.78, 5) is 42.5. The van der Waals surface area contributed by atoms with Crippen molar-refractivity contribution in [3.8, 4) is 0 Å². The van der Waals surface area contributed by atoms with E-state index in [9.17, 15) is 14.4 Å². The van der Waals surface area contributed by atoms with E-state index < -0.39 is 0 Å². The van der Waals surface area contributed by atoms with Crippen LogP contribution in [0.25, 0.3) is 0 Å². The standard InChI is InChI=1S/C52H97NO5/c1-7-13-19-23-27-37-48(38-28-24-20-14-8-2)57-51(55)42-33-35-47(50(54)41-31-32-46-53(44-17-11-5)45-18-12-6)36-34-43-52(56)58-49(39-29-25-21-15-9-3)40-30-26-22-16-10-4/h11-12,47-49H,5-10,13-46H2,1-4H3. The van der Waals surface area contributed by atoms with Gasteiger partial charge in [0.15, 0.2) is 0 Å². The largest absolute Gasteiger partial charge is 0.462 e. The highest BCUT2D eigenvalue weighted by molar-refractivity contribution is 5.81. The first-order valence-corrected chi connectivity index (χ1v) is 25.2. The van der Waals surface area contributed by atoms with Crippen molar-refractivity contribution in [2.24, 2.45) is 5.92 Å². The highest BCUT2D eigenvalue weighted by Gasteiger charge is 2.22. The van der Waals surface area contributed by atoms with Gasteiger partial charge in [0.1, 0.15) is 18.0 Å². The third-order valence-electron chi connectivity index (χ3n) is 11.9. The summed E-state index contributed by atoms with van der Waals surface area (Å²) >= 11 is 0. The van der Waals surface area contributed by atoms with Crippen LogP contribution >= 0.6 is 0 Å². The summed E-state index contributed by atoms with van der Waals surface area (Å²) in [7, 11) is 0. The molecule has 0 radical (unpaired) electrons. The topological polar surface area (TPSA) is 72.9 Å². The molecule has 0 N–H and O–H groups in total. The SMILES string of the molecule is C=CCCN(CCC=C)CCCCC(=O)C(CCCC(=O)OC(CCCCCCC)CCCCCCC)CCCC(=O)OC(CCCCCCC)CCCCCCC. The lowest BCUT2D eigenvalue weighted by molar-refractivity contribution is -0.150. The minimum absolute atomic E-state index is 0.00762. The summed E-state index contributed by atoms with van der Waals surface area (Å²) in [5.41, 5.74) is 0. The molecule has 0 aromatic rings. The lowest BCUT2D eigenvalue weighted by Gasteiger charge is -2.21. The first-order chi connectivity index (χ1) is 28.3. The van der Waals surface area contributed by atoms with E-state index in [1.54, 1.807) is 0 Å². The molecule has 0 rings (SSSR count). The van der Waals surface area contributed by atoms with Crippen LogP contribution in [-0.4, -0.2) is 54.5 Å². The van der Waals surface area contributed by atoms with E-state index in [0.717, 1.165) is 96.7 Å². The predicted octanol–water partition coefficient (Wildman–Crippen LogP) is 15.4. The average Bonchev–Trinajstić information content (AvgIpc) is 3.21. The van der Waals surface area contributed by atoms with Gasteiger partial charge in [-0.05, 0) is 109 Å². The minimum atomic E-state index is -0.140. The molecule has 0 unspecified atom stereocenters. The van der Waals surface area contributed by atoms with Gasteiger partial charge >= 0.3 is 11.9 Å². The average molecular weight is 816 g/mol. The van der Waals surface area contributed by atoms with Crippen LogP contribution in [0.4, 0.5) is 0 Å². The minimum Gasteiger partial charge on any atom is -0.462 e. The number of ether oxygens (including phenoxy) is 2. The molecule has 0 spiro atoms. The van der Waals surface area contributed by atoms with Crippen LogP contribution in [0.5, 0.6) is 0 Å². The summed E-state index contributed by atoms with van der Waals surface area (Å²) in [6, 6.07) is 0. The first kappa shape index (κ1) is 56.0. The summed E-state index contributed by atoms with van der Waals surface area (Å²) < 4.78 is 12.2. The molecule has 340 valence electrons. The van der Waals surface area contributed by atoms with Gasteiger partial charge in [-0.1, -0.05) is 143 Å². The number of ketones is 1. The Balaban J connectivity index is 5.36. The Kier molecular flexibility index (Phi) is 41.7. The third kappa shape index (κ3) is 35.9. The van der Waals surface area contributed by atoms with Crippen molar-refractivity contribution in [2.75, 3.05) is 19.6 Å². The Hall–Kier alpha value is -1.95. The Morgan fingerprint density at radius 3 is 1.14 bits per heavy atom. The zero-order chi connectivity index (χ0) is 42.7. The number of hydrogen-bond acceptors (Lipinski definition) is 6. The lowest BCUT2D eigenvalue weighted by atomic mass is 9.89. The fraction of sp³-hybridized carbons (Fsp3) is 0.865. The number of carbonyl (C=O) groups is 3. The van der Waals surface area contributed by atoms with Gasteiger partial charge in [0.05, 0.1) is 0 Å². The van der Waals surface area contributed by atoms with E-state index >= 15 is 0 Å². The zero-order valence-corrected chi connectivity index (χ0v) is 39.2. The second-order valence-corrected chi connectivity index (χ2v) is 17.4. The van der Waals surface area contributed by atoms with Gasteiger partial charge in [-0.15, -0.1) is 13.2 Å². The van der Waals surface area contributed by atoms with E-state index in [-0.39, 0.29) is 35.8 Å². The molecule has 0 aliphatic rings. The molecule has 0 saturated carbocycles. The van der Waals surface area contributed by atoms with Crippen LogP contribution in [0.3, 0.4) is 0 Å². The molecule has 0 aliphatic carbocycles. The first-order valence-electron chi connectivity index (χ1n) is 25.2. The Morgan fingerprint density at radius 2 is 0.793 bits per heavy atom. The highest BCUT2D eigenvalue weighted by atomic mass is 16.5. The molecule has 0 aromatic carbocycles. The van der Waals surface area contributed by atoms with Gasteiger partial charge in [0, 0.05) is 38.3 Å². The molecule has 0 fully saturated rings. The van der Waals surface area contributed by atoms with Crippen molar-refractivity contribution in [3.05, 3.63) is 25.3 Å². The van der Waals surface area contributed by atoms with Gasteiger partial charge in [0.2, 0.25) is 0 Å². The normalized spacial score (nSPS) is 11.6. The number of hydrogen-bond donors (Lipinski definition) is 0. The zero-order valence-electron chi connectivity index (χ0n) is 39.2. The second-order valence-electron chi connectivity index (χ2n) is 17.4. The molecule has 0 atom stereocenters. The van der Waals surface area contributed by atoms with Crippen LogP contribution in [0.2, 0.25) is 0 Å². The Morgan fingerprint density at radius 1 is 0.431 bits per heavy atom. The summed E-state index contributed by atoms with van der Waals surface area (Å²) in [5, 5.41) is 0. The molecular weight excluding hydrogens is 719 g/mol. The molecule has 0 saturated heterocycles. The Bertz CT molecular complexity index is 873. The lowest BCUT2D eigenvalue weighted by Crippen LogP contribution is -2.27. The van der Waals surface area contributed by atoms with Gasteiger partial charge in [0.25, 0.3) is 0 Å². The molecule has 58 heavy (non-hydrogen) atoms.